The number of halogens is 2. The summed E-state index contributed by atoms with van der Waals surface area (Å²) in [5.74, 6) is -3.85. The van der Waals surface area contributed by atoms with E-state index in [-0.39, 0.29) is 12.4 Å². The van der Waals surface area contributed by atoms with E-state index in [1.807, 2.05) is 30.3 Å². The van der Waals surface area contributed by atoms with Gasteiger partial charge in [0.25, 0.3) is 5.92 Å². The third-order valence-electron chi connectivity index (χ3n) is 4.16. The van der Waals surface area contributed by atoms with Gasteiger partial charge < -0.3 is 5.32 Å². The highest BCUT2D eigenvalue weighted by Crippen LogP contribution is 2.37. The zero-order valence-corrected chi connectivity index (χ0v) is 13.9. The summed E-state index contributed by atoms with van der Waals surface area (Å²) in [6.45, 7) is 3.26. The maximum absolute atomic E-state index is 14.4. The van der Waals surface area contributed by atoms with Crippen molar-refractivity contribution in [3.8, 4) is 0 Å². The highest BCUT2D eigenvalue weighted by Gasteiger charge is 2.48. The zero-order valence-electron chi connectivity index (χ0n) is 13.1. The molecule has 0 bridgehead atoms. The maximum Gasteiger partial charge on any atom is 0.257 e. The Bertz CT molecular complexity index is 498. The second-order valence-corrected chi connectivity index (χ2v) is 7.56. The summed E-state index contributed by atoms with van der Waals surface area (Å²) >= 11 is 0. The predicted molar refractivity (Wildman–Crippen MR) is 86.3 cm³/mol. The lowest BCUT2D eigenvalue weighted by Gasteiger charge is -2.42. The van der Waals surface area contributed by atoms with Crippen molar-refractivity contribution in [2.75, 3.05) is 31.8 Å². The first-order chi connectivity index (χ1) is 10.4. The van der Waals surface area contributed by atoms with Gasteiger partial charge in [0, 0.05) is 55.1 Å². The molecular weight excluding hydrogens is 306 g/mol. The number of benzene rings is 1. The van der Waals surface area contributed by atoms with Gasteiger partial charge in [-0.2, -0.15) is 0 Å². The molecule has 3 atom stereocenters. The van der Waals surface area contributed by atoms with Crippen LogP contribution in [0.15, 0.2) is 30.3 Å². The van der Waals surface area contributed by atoms with Crippen molar-refractivity contribution < 1.29 is 13.0 Å². The van der Waals surface area contributed by atoms with Crippen LogP contribution in [0.3, 0.4) is 0 Å². The first-order valence-corrected chi connectivity index (χ1v) is 9.27. The molecule has 1 heterocycles. The van der Waals surface area contributed by atoms with Crippen LogP contribution in [0, 0.1) is 11.8 Å². The van der Waals surface area contributed by atoms with Crippen molar-refractivity contribution in [1.82, 2.24) is 10.2 Å². The van der Waals surface area contributed by atoms with Gasteiger partial charge in [0.05, 0.1) is 5.88 Å². The second-order valence-electron chi connectivity index (χ2n) is 6.12. The molecule has 1 N–H and O–H groups in total. The summed E-state index contributed by atoms with van der Waals surface area (Å²) in [7, 11) is -1.01. The van der Waals surface area contributed by atoms with Gasteiger partial charge in [0.15, 0.2) is 0 Å². The number of rotatable bonds is 6. The van der Waals surface area contributed by atoms with E-state index < -0.39 is 28.6 Å². The molecule has 0 aromatic heterocycles. The maximum atomic E-state index is 14.4. The number of hydrogen-bond donors (Lipinski definition) is 1. The Morgan fingerprint density at radius 1 is 1.32 bits per heavy atom. The summed E-state index contributed by atoms with van der Waals surface area (Å²) in [4.78, 5) is 2.09. The van der Waals surface area contributed by atoms with Crippen molar-refractivity contribution in [3.05, 3.63) is 35.9 Å². The van der Waals surface area contributed by atoms with Crippen molar-refractivity contribution in [2.45, 2.75) is 19.4 Å². The van der Waals surface area contributed by atoms with Crippen LogP contribution >= 0.6 is 0 Å². The normalized spacial score (nSPS) is 26.7. The van der Waals surface area contributed by atoms with Gasteiger partial charge in [0.1, 0.15) is 0 Å². The Morgan fingerprint density at radius 2 is 2.00 bits per heavy atom. The number of nitrogens with one attached hydrogen (secondary N) is 1. The van der Waals surface area contributed by atoms with Crippen LogP contribution in [0.5, 0.6) is 0 Å². The van der Waals surface area contributed by atoms with Gasteiger partial charge in [-0.15, -0.1) is 0 Å². The Hall–Kier alpha value is -0.850. The molecule has 0 aliphatic carbocycles. The monoisotopic (exact) mass is 330 g/mol. The van der Waals surface area contributed by atoms with Crippen LogP contribution in [0.25, 0.3) is 0 Å². The molecule has 3 nitrogen and oxygen atoms in total. The SMILES string of the molecule is CC1CN(Cc2ccccc2)CC(CNCS(C)=O)C1(F)F. The Labute approximate surface area is 133 Å². The Kier molecular flexibility index (Phi) is 6.06. The van der Waals surface area contributed by atoms with E-state index in [1.54, 1.807) is 13.2 Å². The molecule has 6 heteroatoms. The molecule has 124 valence electrons. The zero-order chi connectivity index (χ0) is 16.2. The lowest BCUT2D eigenvalue weighted by Crippen LogP contribution is -2.55. The van der Waals surface area contributed by atoms with E-state index in [4.69, 9.17) is 0 Å². The van der Waals surface area contributed by atoms with E-state index in [2.05, 4.69) is 10.2 Å². The molecule has 0 saturated carbocycles. The van der Waals surface area contributed by atoms with Crippen molar-refractivity contribution in [1.29, 1.82) is 0 Å². The van der Waals surface area contributed by atoms with Crippen LogP contribution in [0.4, 0.5) is 8.78 Å². The average Bonchev–Trinajstić information content (AvgIpc) is 2.45. The van der Waals surface area contributed by atoms with E-state index in [0.717, 1.165) is 5.56 Å². The smallest absolute Gasteiger partial charge is 0.257 e. The number of hydrogen-bond acceptors (Lipinski definition) is 3. The number of alkyl halides is 2. The molecule has 1 aromatic carbocycles. The van der Waals surface area contributed by atoms with Crippen LogP contribution in [-0.2, 0) is 17.3 Å². The molecule has 0 radical (unpaired) electrons. The molecule has 1 aromatic rings. The molecule has 3 unspecified atom stereocenters. The highest BCUT2D eigenvalue weighted by molar-refractivity contribution is 7.84. The molecule has 1 aliphatic rings. The fraction of sp³-hybridized carbons (Fsp3) is 0.625. The van der Waals surface area contributed by atoms with Crippen LogP contribution in [-0.4, -0.2) is 46.8 Å². The number of likely N-dealkylation sites (tertiary alicyclic amines) is 1. The van der Waals surface area contributed by atoms with Gasteiger partial charge in [-0.05, 0) is 5.56 Å². The van der Waals surface area contributed by atoms with E-state index in [9.17, 15) is 13.0 Å². The van der Waals surface area contributed by atoms with Crippen LogP contribution in [0.1, 0.15) is 12.5 Å². The van der Waals surface area contributed by atoms with Gasteiger partial charge >= 0.3 is 0 Å². The highest BCUT2D eigenvalue weighted by atomic mass is 32.2. The summed E-state index contributed by atoms with van der Waals surface area (Å²) in [6, 6.07) is 9.92. The first kappa shape index (κ1) is 17.5. The standard InChI is InChI=1S/C16H24F2N2OS/c1-13-9-20(10-14-6-4-3-5-7-14)11-15(16(13,17)18)8-19-12-22(2)21/h3-7,13,15,19H,8-12H2,1-2H3. The predicted octanol–water partition coefficient (Wildman–Crippen LogP) is 2.32. The number of piperidine rings is 1. The molecule has 22 heavy (non-hydrogen) atoms. The molecule has 1 saturated heterocycles. The van der Waals surface area contributed by atoms with E-state index >= 15 is 0 Å². The Balaban J connectivity index is 1.98. The Morgan fingerprint density at radius 3 is 2.64 bits per heavy atom. The van der Waals surface area contributed by atoms with Crippen LogP contribution < -0.4 is 5.32 Å². The summed E-state index contributed by atoms with van der Waals surface area (Å²) in [5.41, 5.74) is 1.14. The van der Waals surface area contributed by atoms with Crippen molar-refractivity contribution in [3.63, 3.8) is 0 Å². The molecule has 1 aliphatic heterocycles. The lowest BCUT2D eigenvalue weighted by molar-refractivity contribution is -0.144. The van der Waals surface area contributed by atoms with Crippen LogP contribution in [0.2, 0.25) is 0 Å². The topological polar surface area (TPSA) is 32.3 Å². The minimum absolute atomic E-state index is 0.197. The fourth-order valence-corrected chi connectivity index (χ4v) is 3.37. The first-order valence-electron chi connectivity index (χ1n) is 7.54. The van der Waals surface area contributed by atoms with Gasteiger partial charge in [-0.3, -0.25) is 9.11 Å². The van der Waals surface area contributed by atoms with Gasteiger partial charge in [-0.1, -0.05) is 37.3 Å². The molecule has 0 spiro atoms. The summed E-state index contributed by atoms with van der Waals surface area (Å²) in [5, 5.41) is 2.91. The average molecular weight is 330 g/mol. The quantitative estimate of drug-likeness (QED) is 0.869. The third kappa shape index (κ3) is 4.57. The van der Waals surface area contributed by atoms with Crippen molar-refractivity contribution in [2.24, 2.45) is 11.8 Å². The minimum atomic E-state index is -2.69. The summed E-state index contributed by atoms with van der Waals surface area (Å²) < 4.78 is 39.8. The van der Waals surface area contributed by atoms with Gasteiger partial charge in [-0.25, -0.2) is 8.78 Å². The third-order valence-corrected chi connectivity index (χ3v) is 4.77. The van der Waals surface area contributed by atoms with Gasteiger partial charge in [0.2, 0.25) is 0 Å². The summed E-state index contributed by atoms with van der Waals surface area (Å²) in [6.07, 6.45) is 1.57. The number of nitrogens with zero attached hydrogens (tertiary/aromatic N) is 1. The minimum Gasteiger partial charge on any atom is -0.305 e. The molecular formula is C16H24F2N2OS. The van der Waals surface area contributed by atoms with E-state index in [0.29, 0.717) is 19.6 Å². The molecule has 1 fully saturated rings. The lowest BCUT2D eigenvalue weighted by atomic mass is 9.85. The molecule has 0 amide bonds. The fourth-order valence-electron chi connectivity index (χ4n) is 2.97. The molecule has 2 rings (SSSR count). The van der Waals surface area contributed by atoms with Crippen molar-refractivity contribution >= 4 is 10.8 Å². The second kappa shape index (κ2) is 7.62. The largest absolute Gasteiger partial charge is 0.305 e. The van der Waals surface area contributed by atoms with E-state index in [1.165, 1.54) is 0 Å².